The summed E-state index contributed by atoms with van der Waals surface area (Å²) in [6.07, 6.45) is 0. The Labute approximate surface area is 171 Å². The van der Waals surface area contributed by atoms with Gasteiger partial charge in [0.2, 0.25) is 0 Å². The van der Waals surface area contributed by atoms with Gasteiger partial charge in [-0.3, -0.25) is 9.69 Å². The molecule has 2 aromatic rings. The number of hydrogen-bond donors (Lipinski definition) is 1. The lowest BCUT2D eigenvalue weighted by molar-refractivity contribution is -0.131. The first-order valence-electron chi connectivity index (χ1n) is 8.69. The number of methoxy groups -OCH3 is 2. The Morgan fingerprint density at radius 1 is 1.10 bits per heavy atom. The number of imide groups is 1. The van der Waals surface area contributed by atoms with Gasteiger partial charge < -0.3 is 14.8 Å². The van der Waals surface area contributed by atoms with Gasteiger partial charge in [0.05, 0.1) is 25.7 Å². The van der Waals surface area contributed by atoms with E-state index in [-0.39, 0.29) is 17.2 Å². The molecule has 2 aromatic carbocycles. The van der Waals surface area contributed by atoms with Gasteiger partial charge in [-0.25, -0.2) is 4.79 Å². The lowest BCUT2D eigenvalue weighted by Crippen LogP contribution is -2.40. The predicted octanol–water partition coefficient (Wildman–Crippen LogP) is 3.99. The van der Waals surface area contributed by atoms with E-state index >= 15 is 0 Å². The summed E-state index contributed by atoms with van der Waals surface area (Å²) in [6, 6.07) is 11.0. The zero-order chi connectivity index (χ0) is 21.2. The predicted molar refractivity (Wildman–Crippen MR) is 104 cm³/mol. The second-order valence-corrected chi connectivity index (χ2v) is 7.57. The number of benzene rings is 2. The van der Waals surface area contributed by atoms with Crippen LogP contribution in [0, 0.1) is 0 Å². The molecule has 1 unspecified atom stereocenters. The topological polar surface area (TPSA) is 67.9 Å². The molecule has 1 atom stereocenters. The van der Waals surface area contributed by atoms with Gasteiger partial charge in [0.25, 0.3) is 11.7 Å². The first-order chi connectivity index (χ1) is 13.8. The molecule has 6 nitrogen and oxygen atoms in total. The maximum absolute atomic E-state index is 13.0. The van der Waals surface area contributed by atoms with Gasteiger partial charge in [-0.1, -0.05) is 30.0 Å². The number of amides is 3. The van der Waals surface area contributed by atoms with E-state index in [1.54, 1.807) is 50.4 Å². The Kier molecular flexibility index (Phi) is 5.97. The molecule has 154 valence electrons. The molecule has 1 aliphatic heterocycles. The van der Waals surface area contributed by atoms with Crippen molar-refractivity contribution in [2.75, 3.05) is 14.2 Å². The number of thioether (sulfide) groups is 1. The van der Waals surface area contributed by atoms with Gasteiger partial charge in [-0.2, -0.15) is 8.78 Å². The number of alkyl halides is 2. The maximum Gasteiger partial charge on any atom is 0.325 e. The van der Waals surface area contributed by atoms with E-state index in [2.05, 4.69) is 5.32 Å². The molecule has 0 saturated carbocycles. The van der Waals surface area contributed by atoms with Crippen molar-refractivity contribution in [3.05, 3.63) is 53.6 Å². The van der Waals surface area contributed by atoms with Crippen LogP contribution < -0.4 is 14.8 Å². The number of hydrogen-bond acceptors (Lipinski definition) is 5. The van der Waals surface area contributed by atoms with E-state index < -0.39 is 23.2 Å². The van der Waals surface area contributed by atoms with Crippen LogP contribution in [0.4, 0.5) is 13.6 Å². The van der Waals surface area contributed by atoms with Gasteiger partial charge in [-0.15, -0.1) is 0 Å². The number of carbonyl (C=O) groups is 2. The first-order valence-corrected chi connectivity index (χ1v) is 9.57. The summed E-state index contributed by atoms with van der Waals surface area (Å²) >= 11 is 0.374. The van der Waals surface area contributed by atoms with Crippen LogP contribution in [0.3, 0.4) is 0 Å². The molecular weight excluding hydrogens is 402 g/mol. The van der Waals surface area contributed by atoms with Crippen LogP contribution in [0.5, 0.6) is 11.5 Å². The minimum atomic E-state index is -2.58. The third-order valence-corrected chi connectivity index (χ3v) is 5.50. The molecule has 3 rings (SSSR count). The van der Waals surface area contributed by atoms with Crippen molar-refractivity contribution < 1.29 is 27.8 Å². The van der Waals surface area contributed by atoms with Crippen molar-refractivity contribution in [1.82, 2.24) is 10.2 Å². The Balaban J connectivity index is 1.83. The molecule has 1 heterocycles. The smallest absolute Gasteiger partial charge is 0.325 e. The SMILES string of the molecule is COc1ccc(C2(C)NC(=O)N(Cc3ccc(SC(F)F)c(OC)c3)C2=O)cc1. The van der Waals surface area contributed by atoms with Crippen molar-refractivity contribution in [3.63, 3.8) is 0 Å². The van der Waals surface area contributed by atoms with Crippen LogP contribution in [0.25, 0.3) is 0 Å². The van der Waals surface area contributed by atoms with Crippen LogP contribution in [0.15, 0.2) is 47.4 Å². The van der Waals surface area contributed by atoms with Crippen molar-refractivity contribution >= 4 is 23.7 Å². The second-order valence-electron chi connectivity index (χ2n) is 6.54. The fourth-order valence-corrected chi connectivity index (χ4v) is 3.74. The maximum atomic E-state index is 13.0. The zero-order valence-corrected chi connectivity index (χ0v) is 16.9. The third kappa shape index (κ3) is 4.14. The first kappa shape index (κ1) is 20.9. The summed E-state index contributed by atoms with van der Waals surface area (Å²) in [5, 5.41) is 2.73. The number of halogens is 2. The van der Waals surface area contributed by atoms with Crippen molar-refractivity contribution in [2.24, 2.45) is 0 Å². The number of urea groups is 1. The van der Waals surface area contributed by atoms with Crippen molar-refractivity contribution in [2.45, 2.75) is 29.7 Å². The Bertz CT molecular complexity index is 923. The highest BCUT2D eigenvalue weighted by Gasteiger charge is 2.48. The van der Waals surface area contributed by atoms with E-state index in [1.807, 2.05) is 0 Å². The van der Waals surface area contributed by atoms with Crippen LogP contribution in [0.2, 0.25) is 0 Å². The van der Waals surface area contributed by atoms with Crippen LogP contribution in [0.1, 0.15) is 18.1 Å². The summed E-state index contributed by atoms with van der Waals surface area (Å²) < 4.78 is 35.6. The minimum Gasteiger partial charge on any atom is -0.497 e. The average molecular weight is 422 g/mol. The minimum absolute atomic E-state index is 0.00754. The van der Waals surface area contributed by atoms with E-state index in [9.17, 15) is 18.4 Å². The highest BCUT2D eigenvalue weighted by atomic mass is 32.2. The number of nitrogens with one attached hydrogen (secondary N) is 1. The molecule has 1 fully saturated rings. The van der Waals surface area contributed by atoms with E-state index in [0.717, 1.165) is 4.90 Å². The van der Waals surface area contributed by atoms with Gasteiger partial charge in [0.1, 0.15) is 17.0 Å². The molecule has 1 N–H and O–H groups in total. The van der Waals surface area contributed by atoms with E-state index in [1.165, 1.54) is 13.2 Å². The zero-order valence-electron chi connectivity index (χ0n) is 16.1. The molecule has 1 saturated heterocycles. The lowest BCUT2D eigenvalue weighted by atomic mass is 9.92. The number of carbonyl (C=O) groups excluding carboxylic acids is 2. The molecule has 0 aliphatic carbocycles. The van der Waals surface area contributed by atoms with Gasteiger partial charge in [-0.05, 0) is 42.3 Å². The monoisotopic (exact) mass is 422 g/mol. The number of ether oxygens (including phenoxy) is 2. The second kappa shape index (κ2) is 8.28. The van der Waals surface area contributed by atoms with Crippen LogP contribution in [-0.4, -0.2) is 36.8 Å². The number of nitrogens with zero attached hydrogens (tertiary/aromatic N) is 1. The largest absolute Gasteiger partial charge is 0.497 e. The average Bonchev–Trinajstić information content (AvgIpc) is 2.92. The Morgan fingerprint density at radius 2 is 1.79 bits per heavy atom. The van der Waals surface area contributed by atoms with Crippen molar-refractivity contribution in [3.8, 4) is 11.5 Å². The summed E-state index contributed by atoms with van der Waals surface area (Å²) in [6.45, 7) is 1.63. The van der Waals surface area contributed by atoms with Crippen molar-refractivity contribution in [1.29, 1.82) is 0 Å². The fourth-order valence-electron chi connectivity index (χ4n) is 3.15. The molecule has 9 heteroatoms. The summed E-state index contributed by atoms with van der Waals surface area (Å²) in [5.41, 5.74) is 0.00203. The van der Waals surface area contributed by atoms with E-state index in [0.29, 0.717) is 28.6 Å². The van der Waals surface area contributed by atoms with Gasteiger partial charge in [0, 0.05) is 0 Å². The summed E-state index contributed by atoms with van der Waals surface area (Å²) in [5.74, 6) is -2.08. The molecule has 0 radical (unpaired) electrons. The quantitative estimate of drug-likeness (QED) is 0.540. The number of rotatable bonds is 7. The van der Waals surface area contributed by atoms with Crippen LogP contribution >= 0.6 is 11.8 Å². The van der Waals surface area contributed by atoms with Gasteiger partial charge in [0.15, 0.2) is 0 Å². The fraction of sp³-hybridized carbons (Fsp3) is 0.300. The standard InChI is InChI=1S/C20H20F2N2O4S/c1-20(13-5-7-14(27-2)8-6-13)17(25)24(19(26)23-20)11-12-4-9-16(29-18(21)22)15(10-12)28-3/h4-10,18H,11H2,1-3H3,(H,23,26). The molecular formula is C20H20F2N2O4S. The van der Waals surface area contributed by atoms with Gasteiger partial charge >= 0.3 is 6.03 Å². The molecule has 3 amide bonds. The normalized spacial score (nSPS) is 18.9. The molecule has 0 aromatic heterocycles. The third-order valence-electron chi connectivity index (χ3n) is 4.73. The van der Waals surface area contributed by atoms with Crippen LogP contribution in [-0.2, 0) is 16.9 Å². The molecule has 1 aliphatic rings. The molecule has 0 spiro atoms. The summed E-state index contributed by atoms with van der Waals surface area (Å²) in [7, 11) is 2.92. The summed E-state index contributed by atoms with van der Waals surface area (Å²) in [4.78, 5) is 26.9. The molecule has 0 bridgehead atoms. The molecule has 29 heavy (non-hydrogen) atoms. The van der Waals surface area contributed by atoms with E-state index in [4.69, 9.17) is 9.47 Å². The Hall–Kier alpha value is -2.81. The highest BCUT2D eigenvalue weighted by Crippen LogP contribution is 2.35. The lowest BCUT2D eigenvalue weighted by Gasteiger charge is -2.22. The Morgan fingerprint density at radius 3 is 2.38 bits per heavy atom. The highest BCUT2D eigenvalue weighted by molar-refractivity contribution is 7.99.